The van der Waals surface area contributed by atoms with Gasteiger partial charge in [0.15, 0.2) is 0 Å². The summed E-state index contributed by atoms with van der Waals surface area (Å²) in [7, 11) is 0. The maximum Gasteiger partial charge on any atom is 0.326 e. The average molecular weight is 503 g/mol. The molecule has 14 nitrogen and oxygen atoms in total. The summed E-state index contributed by atoms with van der Waals surface area (Å²) in [6.07, 6.45) is 0.198. The van der Waals surface area contributed by atoms with Crippen molar-refractivity contribution in [3.63, 3.8) is 0 Å². The maximum absolute atomic E-state index is 13.0. The first-order valence-corrected chi connectivity index (χ1v) is 11.4. The third kappa shape index (κ3) is 13.9. The smallest absolute Gasteiger partial charge is 0.326 e. The van der Waals surface area contributed by atoms with E-state index in [2.05, 4.69) is 16.0 Å². The highest BCUT2D eigenvalue weighted by atomic mass is 16.4. The number of hydrogen-bond donors (Lipinski definition) is 8. The van der Waals surface area contributed by atoms with Gasteiger partial charge in [-0.15, -0.1) is 0 Å². The summed E-state index contributed by atoms with van der Waals surface area (Å²) in [4.78, 5) is 71.4. The Hall–Kier alpha value is -3.26. The molecule has 200 valence electrons. The van der Waals surface area contributed by atoms with E-state index in [1.54, 1.807) is 13.8 Å². The number of nitrogens with one attached hydrogen (secondary N) is 3. The highest BCUT2D eigenvalue weighted by Crippen LogP contribution is 2.09. The van der Waals surface area contributed by atoms with Gasteiger partial charge in [-0.3, -0.25) is 24.0 Å². The monoisotopic (exact) mass is 502 g/mol. The molecule has 0 aromatic rings. The Morgan fingerprint density at radius 3 is 1.83 bits per heavy atom. The number of rotatable bonds is 18. The fourth-order valence-electron chi connectivity index (χ4n) is 3.11. The normalized spacial score (nSPS) is 14.3. The summed E-state index contributed by atoms with van der Waals surface area (Å²) < 4.78 is 0. The largest absolute Gasteiger partial charge is 0.481 e. The second-order valence-electron chi connectivity index (χ2n) is 8.65. The van der Waals surface area contributed by atoms with Gasteiger partial charge in [0.25, 0.3) is 0 Å². The van der Waals surface area contributed by atoms with Crippen LogP contribution >= 0.6 is 0 Å². The van der Waals surface area contributed by atoms with E-state index >= 15 is 0 Å². The molecule has 0 aromatic heterocycles. The lowest BCUT2D eigenvalue weighted by Crippen LogP contribution is -2.57. The molecular formula is C21H38N6O8. The van der Waals surface area contributed by atoms with Crippen LogP contribution in [-0.4, -0.2) is 76.5 Å². The first kappa shape index (κ1) is 31.7. The predicted octanol–water partition coefficient (Wildman–Crippen LogP) is -2.23. The molecule has 4 unspecified atom stereocenters. The summed E-state index contributed by atoms with van der Waals surface area (Å²) in [6, 6.07) is -5.04. The van der Waals surface area contributed by atoms with Crippen LogP contribution in [0, 0.1) is 5.92 Å². The lowest BCUT2D eigenvalue weighted by Gasteiger charge is -2.26. The SMILES string of the molecule is CC(C)CC(NC(=O)C(CCCCN)NC(=O)C(N)CC(=O)O)C(=O)NC(CCC(N)=O)C(=O)O. The second-order valence-corrected chi connectivity index (χ2v) is 8.65. The minimum absolute atomic E-state index is 0.0748. The van der Waals surface area contributed by atoms with E-state index in [1.807, 2.05) is 0 Å². The molecule has 0 heterocycles. The number of carboxylic acid groups (broad SMARTS) is 2. The van der Waals surface area contributed by atoms with Gasteiger partial charge in [-0.1, -0.05) is 13.8 Å². The number of carbonyl (C=O) groups excluding carboxylic acids is 4. The Kier molecular flexibility index (Phi) is 14.9. The number of carboxylic acids is 2. The van der Waals surface area contributed by atoms with Crippen molar-refractivity contribution >= 4 is 35.6 Å². The van der Waals surface area contributed by atoms with Gasteiger partial charge in [-0.05, 0) is 44.6 Å². The number of unbranched alkanes of at least 4 members (excludes halogenated alkanes) is 1. The fraction of sp³-hybridized carbons (Fsp3) is 0.714. The van der Waals surface area contributed by atoms with Crippen molar-refractivity contribution in [1.29, 1.82) is 0 Å². The topological polar surface area (TPSA) is 257 Å². The first-order chi connectivity index (χ1) is 16.3. The molecule has 0 aliphatic rings. The van der Waals surface area contributed by atoms with Gasteiger partial charge >= 0.3 is 11.9 Å². The van der Waals surface area contributed by atoms with Gasteiger partial charge in [0.05, 0.1) is 12.5 Å². The van der Waals surface area contributed by atoms with E-state index in [9.17, 15) is 33.9 Å². The number of primary amides is 1. The number of hydrogen-bond acceptors (Lipinski definition) is 8. The molecule has 0 radical (unpaired) electrons. The van der Waals surface area contributed by atoms with Gasteiger partial charge in [-0.2, -0.15) is 0 Å². The average Bonchev–Trinajstić information content (AvgIpc) is 2.73. The van der Waals surface area contributed by atoms with Gasteiger partial charge in [0.2, 0.25) is 23.6 Å². The summed E-state index contributed by atoms with van der Waals surface area (Å²) in [5.74, 6) is -5.80. The molecule has 4 amide bonds. The van der Waals surface area contributed by atoms with Gasteiger partial charge in [0.1, 0.15) is 18.1 Å². The molecule has 0 rings (SSSR count). The van der Waals surface area contributed by atoms with Crippen LogP contribution in [0.5, 0.6) is 0 Å². The lowest BCUT2D eigenvalue weighted by atomic mass is 10.0. The van der Waals surface area contributed by atoms with Crippen LogP contribution < -0.4 is 33.2 Å². The van der Waals surface area contributed by atoms with Gasteiger partial charge < -0.3 is 43.4 Å². The van der Waals surface area contributed by atoms with Crippen LogP contribution in [0.3, 0.4) is 0 Å². The zero-order chi connectivity index (χ0) is 27.1. The predicted molar refractivity (Wildman–Crippen MR) is 124 cm³/mol. The molecule has 0 saturated carbocycles. The molecule has 35 heavy (non-hydrogen) atoms. The van der Waals surface area contributed by atoms with Crippen LogP contribution in [0.15, 0.2) is 0 Å². The third-order valence-electron chi connectivity index (χ3n) is 4.95. The lowest BCUT2D eigenvalue weighted by molar-refractivity contribution is -0.142. The van der Waals surface area contributed by atoms with Crippen molar-refractivity contribution < 1.29 is 39.0 Å². The second kappa shape index (κ2) is 16.4. The minimum atomic E-state index is -1.39. The van der Waals surface area contributed by atoms with Crippen LogP contribution in [0.25, 0.3) is 0 Å². The third-order valence-corrected chi connectivity index (χ3v) is 4.95. The van der Waals surface area contributed by atoms with E-state index in [4.69, 9.17) is 22.3 Å². The minimum Gasteiger partial charge on any atom is -0.481 e. The number of amides is 4. The van der Waals surface area contributed by atoms with Crippen molar-refractivity contribution in [3.8, 4) is 0 Å². The Morgan fingerprint density at radius 1 is 0.800 bits per heavy atom. The molecule has 0 spiro atoms. The van der Waals surface area contributed by atoms with E-state index < -0.39 is 66.2 Å². The van der Waals surface area contributed by atoms with E-state index in [0.717, 1.165) is 0 Å². The molecule has 0 aromatic carbocycles. The van der Waals surface area contributed by atoms with Gasteiger partial charge in [0, 0.05) is 6.42 Å². The molecule has 0 aliphatic carbocycles. The summed E-state index contributed by atoms with van der Waals surface area (Å²) >= 11 is 0. The molecule has 0 saturated heterocycles. The summed E-state index contributed by atoms with van der Waals surface area (Å²) in [5, 5.41) is 25.4. The highest BCUT2D eigenvalue weighted by Gasteiger charge is 2.31. The van der Waals surface area contributed by atoms with E-state index in [-0.39, 0.29) is 31.6 Å². The van der Waals surface area contributed by atoms with Crippen molar-refractivity contribution in [2.45, 2.75) is 83.0 Å². The van der Waals surface area contributed by atoms with Crippen LogP contribution in [-0.2, 0) is 28.8 Å². The van der Waals surface area contributed by atoms with Crippen LogP contribution in [0.4, 0.5) is 0 Å². The molecule has 0 aliphatic heterocycles. The molecule has 11 N–H and O–H groups in total. The van der Waals surface area contributed by atoms with Crippen molar-refractivity contribution in [1.82, 2.24) is 16.0 Å². The molecule has 0 bridgehead atoms. The fourth-order valence-corrected chi connectivity index (χ4v) is 3.11. The highest BCUT2D eigenvalue weighted by molar-refractivity contribution is 5.94. The zero-order valence-electron chi connectivity index (χ0n) is 20.1. The molecule has 0 fully saturated rings. The number of aliphatic carboxylic acids is 2. The Labute approximate surface area is 203 Å². The Morgan fingerprint density at radius 2 is 1.34 bits per heavy atom. The van der Waals surface area contributed by atoms with Crippen molar-refractivity contribution in [2.75, 3.05) is 6.54 Å². The first-order valence-electron chi connectivity index (χ1n) is 11.4. The Bertz CT molecular complexity index is 760. The van der Waals surface area contributed by atoms with E-state index in [1.165, 1.54) is 0 Å². The maximum atomic E-state index is 13.0. The van der Waals surface area contributed by atoms with Crippen molar-refractivity contribution in [3.05, 3.63) is 0 Å². The zero-order valence-corrected chi connectivity index (χ0v) is 20.1. The molecule has 14 heteroatoms. The molecule has 4 atom stereocenters. The van der Waals surface area contributed by atoms with Gasteiger partial charge in [-0.25, -0.2) is 4.79 Å². The number of carbonyl (C=O) groups is 6. The standard InChI is InChI=1S/C21H38N6O8/c1-11(2)9-15(20(33)26-14(21(34)35)6-7-16(24)28)27-19(32)13(5-3-4-8-22)25-18(31)12(23)10-17(29)30/h11-15H,3-10,22-23H2,1-2H3,(H2,24,28)(H,25,31)(H,26,33)(H,27,32)(H,29,30)(H,34,35). The quantitative estimate of drug-likeness (QED) is 0.0935. The van der Waals surface area contributed by atoms with Crippen LogP contribution in [0.1, 0.15) is 58.8 Å². The Balaban J connectivity index is 5.53. The van der Waals surface area contributed by atoms with E-state index in [0.29, 0.717) is 19.4 Å². The summed E-state index contributed by atoms with van der Waals surface area (Å²) in [6.45, 7) is 3.93. The summed E-state index contributed by atoms with van der Waals surface area (Å²) in [5.41, 5.74) is 16.1. The molecular weight excluding hydrogens is 464 g/mol. The number of nitrogens with two attached hydrogens (primary N) is 3. The van der Waals surface area contributed by atoms with Crippen molar-refractivity contribution in [2.24, 2.45) is 23.1 Å². The van der Waals surface area contributed by atoms with Crippen LogP contribution in [0.2, 0.25) is 0 Å².